The smallest absolute Gasteiger partial charge is 0.308 e. The van der Waals surface area contributed by atoms with Gasteiger partial charge in [-0.1, -0.05) is 19.9 Å². The molecule has 4 N–H and O–H groups in total. The van der Waals surface area contributed by atoms with Gasteiger partial charge in [0.25, 0.3) is 11.8 Å². The van der Waals surface area contributed by atoms with Crippen molar-refractivity contribution < 1.29 is 43.4 Å². The van der Waals surface area contributed by atoms with Gasteiger partial charge in [0.1, 0.15) is 19.2 Å². The van der Waals surface area contributed by atoms with Crippen molar-refractivity contribution in [2.24, 2.45) is 5.92 Å². The maximum atomic E-state index is 12.7. The van der Waals surface area contributed by atoms with Crippen LogP contribution in [0, 0.1) is 5.92 Å². The molecule has 1 aromatic rings. The zero-order valence-corrected chi connectivity index (χ0v) is 22.7. The van der Waals surface area contributed by atoms with Gasteiger partial charge >= 0.3 is 11.9 Å². The molecule has 0 aliphatic carbocycles. The predicted molar refractivity (Wildman–Crippen MR) is 141 cm³/mol. The number of aliphatic carboxylic acids is 1. The Balaban J connectivity index is 1.92. The molecule has 0 saturated heterocycles. The molecule has 13 nitrogen and oxygen atoms in total. The van der Waals surface area contributed by atoms with Gasteiger partial charge in [0, 0.05) is 24.3 Å². The number of imide groups is 1. The van der Waals surface area contributed by atoms with Crippen LogP contribution in [-0.2, 0) is 51.3 Å². The Kier molecular flexibility index (Phi) is 12.0. The molecule has 1 aliphatic rings. The van der Waals surface area contributed by atoms with Crippen molar-refractivity contribution >= 4 is 47.2 Å². The highest BCUT2D eigenvalue weighted by molar-refractivity contribution is 6.14. The first kappa shape index (κ1) is 31.7. The number of esters is 1. The predicted octanol–water partition coefficient (Wildman–Crippen LogP) is 0.668. The van der Waals surface area contributed by atoms with E-state index >= 15 is 0 Å². The van der Waals surface area contributed by atoms with E-state index in [2.05, 4.69) is 16.0 Å². The summed E-state index contributed by atoms with van der Waals surface area (Å²) in [5, 5.41) is 16.3. The van der Waals surface area contributed by atoms with Crippen LogP contribution in [0.15, 0.2) is 30.4 Å². The van der Waals surface area contributed by atoms with Crippen molar-refractivity contribution in [2.75, 3.05) is 18.4 Å². The van der Waals surface area contributed by atoms with Crippen LogP contribution in [0.5, 0.6) is 0 Å². The third-order valence-corrected chi connectivity index (χ3v) is 5.82. The first-order valence-electron chi connectivity index (χ1n) is 12.8. The third kappa shape index (κ3) is 10.3. The summed E-state index contributed by atoms with van der Waals surface area (Å²) in [4.78, 5) is 83.3. The molecule has 0 saturated carbocycles. The summed E-state index contributed by atoms with van der Waals surface area (Å²) in [6, 6.07) is 4.07. The summed E-state index contributed by atoms with van der Waals surface area (Å²) in [7, 11) is 0. The molecule has 1 aliphatic heterocycles. The van der Waals surface area contributed by atoms with Crippen molar-refractivity contribution in [3.05, 3.63) is 41.5 Å². The van der Waals surface area contributed by atoms with Crippen LogP contribution in [0.3, 0.4) is 0 Å². The number of rotatable bonds is 15. The van der Waals surface area contributed by atoms with E-state index in [1.165, 1.54) is 6.92 Å². The Morgan fingerprint density at radius 2 is 1.62 bits per heavy atom. The monoisotopic (exact) mass is 558 g/mol. The minimum Gasteiger partial charge on any atom is -0.481 e. The SMILES string of the molecule is CC(C)C(=O)OCc1ccc(NC(=O)C(C)NC(=O)CNC(=O)CN2C(=O)C=CC2=O)cc1CCCCC(=O)O. The molecule has 0 fully saturated rings. The zero-order valence-electron chi connectivity index (χ0n) is 22.7. The number of ether oxygens (including phenoxy) is 1. The van der Waals surface area contributed by atoms with Crippen molar-refractivity contribution in [3.8, 4) is 0 Å². The topological polar surface area (TPSA) is 188 Å². The largest absolute Gasteiger partial charge is 0.481 e. The molecule has 2 rings (SSSR count). The Morgan fingerprint density at radius 1 is 0.950 bits per heavy atom. The van der Waals surface area contributed by atoms with Gasteiger partial charge in [-0.15, -0.1) is 0 Å². The molecule has 216 valence electrons. The summed E-state index contributed by atoms with van der Waals surface area (Å²) in [6.45, 7) is 3.93. The molecule has 13 heteroatoms. The minimum atomic E-state index is -0.971. The summed E-state index contributed by atoms with van der Waals surface area (Å²) in [5.74, 6) is -4.69. The standard InChI is InChI=1S/C27H34N4O9/c1-16(2)27(39)40-15-19-8-9-20(12-18(19)6-4-5-7-25(36)37)30-26(38)17(3)29-21(32)13-28-22(33)14-31-23(34)10-11-24(31)35/h8-12,16-17H,4-7,13-15H2,1-3H3,(H,28,33)(H,29,32)(H,30,38)(H,36,37). The lowest BCUT2D eigenvalue weighted by Crippen LogP contribution is -2.47. The second-order valence-electron chi connectivity index (χ2n) is 9.50. The second kappa shape index (κ2) is 15.1. The third-order valence-electron chi connectivity index (χ3n) is 5.82. The molecule has 0 spiro atoms. The Hall–Kier alpha value is -4.55. The summed E-state index contributed by atoms with van der Waals surface area (Å²) >= 11 is 0. The number of benzene rings is 1. The first-order chi connectivity index (χ1) is 18.9. The van der Waals surface area contributed by atoms with Gasteiger partial charge in [-0.3, -0.25) is 38.5 Å². The number of hydrogen-bond donors (Lipinski definition) is 4. The minimum absolute atomic E-state index is 0.0253. The van der Waals surface area contributed by atoms with E-state index in [0.717, 1.165) is 28.2 Å². The van der Waals surface area contributed by atoms with Crippen LogP contribution < -0.4 is 16.0 Å². The van der Waals surface area contributed by atoms with Crippen LogP contribution >= 0.6 is 0 Å². The summed E-state index contributed by atoms with van der Waals surface area (Å²) in [6.07, 6.45) is 3.64. The van der Waals surface area contributed by atoms with Gasteiger partial charge in [0.05, 0.1) is 12.5 Å². The number of carbonyl (C=O) groups is 7. The number of carbonyl (C=O) groups excluding carboxylic acids is 6. The number of hydrogen-bond acceptors (Lipinski definition) is 8. The Labute approximate surface area is 231 Å². The molecule has 0 aromatic heterocycles. The van der Waals surface area contributed by atoms with E-state index in [1.807, 2.05) is 0 Å². The fourth-order valence-electron chi connectivity index (χ4n) is 3.56. The molecular formula is C27H34N4O9. The van der Waals surface area contributed by atoms with Gasteiger partial charge in [-0.25, -0.2) is 0 Å². The number of nitrogens with one attached hydrogen (secondary N) is 3. The van der Waals surface area contributed by atoms with E-state index in [4.69, 9.17) is 9.84 Å². The Bertz CT molecular complexity index is 1170. The molecule has 1 heterocycles. The highest BCUT2D eigenvalue weighted by Crippen LogP contribution is 2.20. The maximum absolute atomic E-state index is 12.7. The van der Waals surface area contributed by atoms with Gasteiger partial charge in [-0.2, -0.15) is 0 Å². The lowest BCUT2D eigenvalue weighted by Gasteiger charge is -2.17. The normalized spacial score (nSPS) is 13.2. The van der Waals surface area contributed by atoms with Gasteiger partial charge in [0.15, 0.2) is 0 Å². The van der Waals surface area contributed by atoms with E-state index in [9.17, 15) is 33.6 Å². The Morgan fingerprint density at radius 3 is 2.25 bits per heavy atom. The lowest BCUT2D eigenvalue weighted by molar-refractivity contribution is -0.148. The molecule has 5 amide bonds. The quantitative estimate of drug-likeness (QED) is 0.136. The molecule has 0 bridgehead atoms. The average Bonchev–Trinajstić information content (AvgIpc) is 3.20. The summed E-state index contributed by atoms with van der Waals surface area (Å²) < 4.78 is 5.33. The highest BCUT2D eigenvalue weighted by atomic mass is 16.5. The summed E-state index contributed by atoms with van der Waals surface area (Å²) in [5.41, 5.74) is 1.94. The lowest BCUT2D eigenvalue weighted by atomic mass is 10.0. The maximum Gasteiger partial charge on any atom is 0.308 e. The van der Waals surface area contributed by atoms with E-state index in [0.29, 0.717) is 24.9 Å². The number of carboxylic acids is 1. The van der Waals surface area contributed by atoms with Crippen molar-refractivity contribution in [3.63, 3.8) is 0 Å². The van der Waals surface area contributed by atoms with E-state index < -0.39 is 54.6 Å². The van der Waals surface area contributed by atoms with E-state index in [-0.39, 0.29) is 24.9 Å². The number of amides is 5. The number of aryl methyl sites for hydroxylation is 1. The molecule has 0 radical (unpaired) electrons. The first-order valence-corrected chi connectivity index (χ1v) is 12.8. The molecule has 1 unspecified atom stereocenters. The van der Waals surface area contributed by atoms with Crippen molar-refractivity contribution in [1.82, 2.24) is 15.5 Å². The average molecular weight is 559 g/mol. The van der Waals surface area contributed by atoms with Crippen LogP contribution in [0.2, 0.25) is 0 Å². The number of unbranched alkanes of at least 4 members (excludes halogenated alkanes) is 1. The van der Waals surface area contributed by atoms with Crippen molar-refractivity contribution in [1.29, 1.82) is 0 Å². The van der Waals surface area contributed by atoms with Crippen molar-refractivity contribution in [2.45, 2.75) is 59.1 Å². The van der Waals surface area contributed by atoms with Gasteiger partial charge in [-0.05, 0) is 49.4 Å². The molecule has 1 aromatic carbocycles. The van der Waals surface area contributed by atoms with Gasteiger partial charge < -0.3 is 25.8 Å². The van der Waals surface area contributed by atoms with Crippen LogP contribution in [0.25, 0.3) is 0 Å². The van der Waals surface area contributed by atoms with Crippen LogP contribution in [0.1, 0.15) is 51.2 Å². The fourth-order valence-corrected chi connectivity index (χ4v) is 3.56. The number of anilines is 1. The van der Waals surface area contributed by atoms with Crippen LogP contribution in [0.4, 0.5) is 5.69 Å². The fraction of sp³-hybridized carbons (Fsp3) is 0.444. The van der Waals surface area contributed by atoms with E-state index in [1.54, 1.807) is 32.0 Å². The zero-order chi connectivity index (χ0) is 29.8. The molecular weight excluding hydrogens is 524 g/mol. The molecule has 40 heavy (non-hydrogen) atoms. The second-order valence-corrected chi connectivity index (χ2v) is 9.50. The van der Waals surface area contributed by atoms with Crippen LogP contribution in [-0.4, -0.2) is 70.6 Å². The number of nitrogens with zero attached hydrogens (tertiary/aromatic N) is 1. The van der Waals surface area contributed by atoms with Gasteiger partial charge in [0.2, 0.25) is 17.7 Å². The number of carboxylic acid groups (broad SMARTS) is 1. The highest BCUT2D eigenvalue weighted by Gasteiger charge is 2.26. The molecule has 1 atom stereocenters.